The molecule has 7 nitrogen and oxygen atoms in total. The maximum absolute atomic E-state index is 12.0. The molecule has 4 N–H and O–H groups in total. The van der Waals surface area contributed by atoms with Crippen LogP contribution in [0.4, 0.5) is 0 Å². The highest BCUT2D eigenvalue weighted by molar-refractivity contribution is 6.43. The molecule has 0 radical (unpaired) electrons. The Morgan fingerprint density at radius 2 is 1.95 bits per heavy atom. The van der Waals surface area contributed by atoms with Crippen LogP contribution in [0.1, 0.15) is 39.5 Å². The van der Waals surface area contributed by atoms with Gasteiger partial charge in [-0.25, -0.2) is 0 Å². The zero-order valence-corrected chi connectivity index (χ0v) is 13.3. The second kappa shape index (κ2) is 7.43. The van der Waals surface area contributed by atoms with Gasteiger partial charge in [0, 0.05) is 12.6 Å². The molecule has 1 saturated carbocycles. The highest BCUT2D eigenvalue weighted by Crippen LogP contribution is 2.34. The summed E-state index contributed by atoms with van der Waals surface area (Å²) in [7, 11) is -1.60. The summed E-state index contributed by atoms with van der Waals surface area (Å²) in [6.45, 7) is 4.70. The Morgan fingerprint density at radius 1 is 1.27 bits per heavy atom. The quantitative estimate of drug-likeness (QED) is 0.426. The van der Waals surface area contributed by atoms with E-state index in [1.54, 1.807) is 0 Å². The highest BCUT2D eigenvalue weighted by atomic mass is 16.4. The molecule has 124 valence electrons. The summed E-state index contributed by atoms with van der Waals surface area (Å²) >= 11 is 0. The minimum atomic E-state index is -1.60. The number of nitrogens with one attached hydrogen (secondary N) is 2. The van der Waals surface area contributed by atoms with Crippen LogP contribution in [0.25, 0.3) is 0 Å². The summed E-state index contributed by atoms with van der Waals surface area (Å²) in [5, 5.41) is 23.7. The summed E-state index contributed by atoms with van der Waals surface area (Å²) in [5.74, 6) is -0.998. The Morgan fingerprint density at radius 3 is 2.41 bits per heavy atom. The molecular formula is C14H26BN3O4. The molecule has 2 aliphatic rings. The Labute approximate surface area is 131 Å². The third-order valence-electron chi connectivity index (χ3n) is 4.23. The summed E-state index contributed by atoms with van der Waals surface area (Å²) in [6, 6.07) is 0.452. The van der Waals surface area contributed by atoms with Crippen LogP contribution in [-0.2, 0) is 9.59 Å². The smallest absolute Gasteiger partial charge is 0.426 e. The average molecular weight is 311 g/mol. The summed E-state index contributed by atoms with van der Waals surface area (Å²) in [6.07, 6.45) is 3.63. The van der Waals surface area contributed by atoms with Gasteiger partial charge in [0.1, 0.15) is 0 Å². The number of nitrogens with zero attached hydrogens (tertiary/aromatic N) is 1. The molecular weight excluding hydrogens is 285 g/mol. The fraction of sp³-hybridized carbons (Fsp3) is 0.857. The molecule has 8 heteroatoms. The lowest BCUT2D eigenvalue weighted by molar-refractivity contribution is -0.133. The molecule has 0 aromatic heterocycles. The van der Waals surface area contributed by atoms with E-state index in [9.17, 15) is 19.6 Å². The van der Waals surface area contributed by atoms with Crippen molar-refractivity contribution in [3.05, 3.63) is 0 Å². The molecule has 1 aliphatic carbocycles. The second-order valence-corrected chi connectivity index (χ2v) is 6.71. The topological polar surface area (TPSA) is 102 Å². The molecule has 0 unspecified atom stereocenters. The first-order valence-electron chi connectivity index (χ1n) is 8.07. The van der Waals surface area contributed by atoms with Crippen LogP contribution >= 0.6 is 0 Å². The van der Waals surface area contributed by atoms with E-state index in [1.807, 2.05) is 13.8 Å². The van der Waals surface area contributed by atoms with E-state index in [0.717, 1.165) is 25.8 Å². The maximum Gasteiger partial charge on any atom is 0.475 e. The lowest BCUT2D eigenvalue weighted by Gasteiger charge is -2.39. The zero-order valence-electron chi connectivity index (χ0n) is 13.3. The minimum absolute atomic E-state index is 0.102. The number of rotatable bonds is 8. The van der Waals surface area contributed by atoms with Crippen molar-refractivity contribution in [2.75, 3.05) is 13.1 Å². The highest BCUT2D eigenvalue weighted by Gasteiger charge is 2.42. The molecule has 2 fully saturated rings. The molecule has 1 aliphatic heterocycles. The lowest BCUT2D eigenvalue weighted by atomic mass is 9.75. The fourth-order valence-electron chi connectivity index (χ4n) is 2.84. The SMILES string of the molecule is CC(C)C[C@H](NC(=O)CNC(=O)[C@@H]1CCN1C1CC1)B(O)O. The molecule has 2 atom stereocenters. The molecule has 2 rings (SSSR count). The molecule has 0 bridgehead atoms. The van der Waals surface area contributed by atoms with Crippen molar-refractivity contribution in [1.29, 1.82) is 0 Å². The van der Waals surface area contributed by atoms with Crippen molar-refractivity contribution in [1.82, 2.24) is 15.5 Å². The van der Waals surface area contributed by atoms with E-state index in [4.69, 9.17) is 0 Å². The number of carbonyl (C=O) groups is 2. The minimum Gasteiger partial charge on any atom is -0.426 e. The van der Waals surface area contributed by atoms with Gasteiger partial charge in [0.05, 0.1) is 18.5 Å². The summed E-state index contributed by atoms with van der Waals surface area (Å²) in [5.41, 5.74) is 0. The van der Waals surface area contributed by atoms with Gasteiger partial charge in [-0.05, 0) is 31.6 Å². The molecule has 1 heterocycles. The second-order valence-electron chi connectivity index (χ2n) is 6.71. The van der Waals surface area contributed by atoms with Crippen molar-refractivity contribution < 1.29 is 19.6 Å². The number of hydrogen-bond donors (Lipinski definition) is 4. The standard InChI is InChI=1S/C14H26BN3O4/c1-9(2)7-12(15(21)22)17-13(19)8-16-14(20)11-5-6-18(11)10-3-4-10/h9-12,21-22H,3-8H2,1-2H3,(H,16,20)(H,17,19)/t11-,12-/m0/s1. The van der Waals surface area contributed by atoms with Crippen LogP contribution in [0.3, 0.4) is 0 Å². The van der Waals surface area contributed by atoms with Crippen molar-refractivity contribution in [3.8, 4) is 0 Å². The predicted molar refractivity (Wildman–Crippen MR) is 82.7 cm³/mol. The first-order valence-corrected chi connectivity index (χ1v) is 8.07. The fourth-order valence-corrected chi connectivity index (χ4v) is 2.84. The predicted octanol–water partition coefficient (Wildman–Crippen LogP) is -1.12. The van der Waals surface area contributed by atoms with Crippen molar-refractivity contribution >= 4 is 18.9 Å². The summed E-state index contributed by atoms with van der Waals surface area (Å²) in [4.78, 5) is 26.1. The Balaban J connectivity index is 1.71. The van der Waals surface area contributed by atoms with E-state index in [1.165, 1.54) is 0 Å². The van der Waals surface area contributed by atoms with Gasteiger partial charge in [-0.15, -0.1) is 0 Å². The first-order chi connectivity index (χ1) is 10.4. The van der Waals surface area contributed by atoms with Gasteiger partial charge < -0.3 is 20.7 Å². The van der Waals surface area contributed by atoms with Gasteiger partial charge in [-0.2, -0.15) is 0 Å². The third-order valence-corrected chi connectivity index (χ3v) is 4.23. The van der Waals surface area contributed by atoms with Crippen molar-refractivity contribution in [2.24, 2.45) is 5.92 Å². The largest absolute Gasteiger partial charge is 0.475 e. The van der Waals surface area contributed by atoms with E-state index < -0.39 is 19.0 Å². The van der Waals surface area contributed by atoms with Crippen LogP contribution in [0.15, 0.2) is 0 Å². The number of carbonyl (C=O) groups excluding carboxylic acids is 2. The monoisotopic (exact) mass is 311 g/mol. The van der Waals surface area contributed by atoms with E-state index >= 15 is 0 Å². The van der Waals surface area contributed by atoms with Crippen LogP contribution in [-0.4, -0.2) is 65.0 Å². The normalized spacial score (nSPS) is 22.9. The van der Waals surface area contributed by atoms with Crippen LogP contribution < -0.4 is 10.6 Å². The van der Waals surface area contributed by atoms with E-state index in [2.05, 4.69) is 15.5 Å². The number of likely N-dealkylation sites (tertiary alicyclic amines) is 1. The van der Waals surface area contributed by atoms with Crippen molar-refractivity contribution in [2.45, 2.75) is 57.6 Å². The molecule has 2 amide bonds. The van der Waals surface area contributed by atoms with Crippen LogP contribution in [0.2, 0.25) is 0 Å². The molecule has 0 aromatic rings. The molecule has 1 saturated heterocycles. The Bertz CT molecular complexity index is 415. The summed E-state index contributed by atoms with van der Waals surface area (Å²) < 4.78 is 0. The van der Waals surface area contributed by atoms with Gasteiger partial charge in [0.15, 0.2) is 0 Å². The van der Waals surface area contributed by atoms with Crippen molar-refractivity contribution in [3.63, 3.8) is 0 Å². The van der Waals surface area contributed by atoms with E-state index in [-0.39, 0.29) is 24.4 Å². The molecule has 0 aromatic carbocycles. The van der Waals surface area contributed by atoms with Gasteiger partial charge in [0.25, 0.3) is 0 Å². The van der Waals surface area contributed by atoms with Crippen LogP contribution in [0.5, 0.6) is 0 Å². The Hall–Kier alpha value is -1.12. The van der Waals surface area contributed by atoms with Gasteiger partial charge in [0.2, 0.25) is 11.8 Å². The van der Waals surface area contributed by atoms with Gasteiger partial charge in [-0.1, -0.05) is 13.8 Å². The number of amides is 2. The molecule has 0 spiro atoms. The van der Waals surface area contributed by atoms with Gasteiger partial charge in [-0.3, -0.25) is 14.5 Å². The van der Waals surface area contributed by atoms with E-state index in [0.29, 0.717) is 12.5 Å². The zero-order chi connectivity index (χ0) is 16.3. The first kappa shape index (κ1) is 17.2. The molecule has 22 heavy (non-hydrogen) atoms. The number of hydrogen-bond acceptors (Lipinski definition) is 5. The van der Waals surface area contributed by atoms with Crippen LogP contribution in [0, 0.1) is 5.92 Å². The lowest BCUT2D eigenvalue weighted by Crippen LogP contribution is -2.58. The average Bonchev–Trinajstić information content (AvgIpc) is 3.18. The third kappa shape index (κ3) is 4.69. The Kier molecular flexibility index (Phi) is 5.83. The maximum atomic E-state index is 12.0. The van der Waals surface area contributed by atoms with Gasteiger partial charge >= 0.3 is 7.12 Å².